The summed E-state index contributed by atoms with van der Waals surface area (Å²) in [4.78, 5) is 0. The highest BCUT2D eigenvalue weighted by molar-refractivity contribution is 7.81. The molecule has 0 nitrogen and oxygen atoms in total. The van der Waals surface area contributed by atoms with Crippen molar-refractivity contribution in [3.8, 4) is 0 Å². The maximum Gasteiger partial charge on any atom is 0.0194 e. The molecular formula is C31H54S. The molecule has 4 aliphatic rings. The van der Waals surface area contributed by atoms with Crippen molar-refractivity contribution < 1.29 is 0 Å². The fourth-order valence-electron chi connectivity index (χ4n) is 8.79. The summed E-state index contributed by atoms with van der Waals surface area (Å²) in [5.41, 5.74) is 2.31. The van der Waals surface area contributed by atoms with E-state index in [-0.39, 0.29) is 4.75 Å². The van der Waals surface area contributed by atoms with Gasteiger partial charge >= 0.3 is 0 Å². The summed E-state index contributed by atoms with van der Waals surface area (Å²) in [6.45, 7) is 9.94. The van der Waals surface area contributed by atoms with Gasteiger partial charge in [0.15, 0.2) is 0 Å². The van der Waals surface area contributed by atoms with Gasteiger partial charge in [0.2, 0.25) is 0 Å². The second kappa shape index (κ2) is 10.8. The first-order chi connectivity index (χ1) is 15.4. The first-order valence-electron chi connectivity index (χ1n) is 14.8. The Kier molecular flexibility index (Phi) is 8.49. The maximum atomic E-state index is 5.87. The van der Waals surface area contributed by atoms with E-state index >= 15 is 0 Å². The average molecular weight is 459 g/mol. The van der Waals surface area contributed by atoms with Crippen LogP contribution in [-0.2, 0) is 0 Å². The average Bonchev–Trinajstić information content (AvgIpc) is 3.21. The van der Waals surface area contributed by atoms with Crippen molar-refractivity contribution in [3.63, 3.8) is 0 Å². The van der Waals surface area contributed by atoms with Crippen LogP contribution in [0.25, 0.3) is 0 Å². The van der Waals surface area contributed by atoms with Gasteiger partial charge < -0.3 is 0 Å². The number of hydrogen-bond donors (Lipinski definition) is 1. The van der Waals surface area contributed by atoms with Gasteiger partial charge in [-0.2, -0.15) is 12.6 Å². The third-order valence-electron chi connectivity index (χ3n) is 10.7. The first kappa shape index (κ1) is 25.2. The third kappa shape index (κ3) is 5.66. The second-order valence-electron chi connectivity index (χ2n) is 13.3. The van der Waals surface area contributed by atoms with Crippen molar-refractivity contribution in [2.75, 3.05) is 0 Å². The smallest absolute Gasteiger partial charge is 0.0194 e. The molecule has 4 aliphatic carbocycles. The summed E-state index contributed by atoms with van der Waals surface area (Å²) in [5.74, 6) is 5.34. The predicted molar refractivity (Wildman–Crippen MR) is 144 cm³/mol. The van der Waals surface area contributed by atoms with E-state index in [4.69, 9.17) is 12.6 Å². The Morgan fingerprint density at radius 3 is 2.44 bits per heavy atom. The highest BCUT2D eigenvalue weighted by atomic mass is 32.1. The lowest BCUT2D eigenvalue weighted by molar-refractivity contribution is 0.123. The van der Waals surface area contributed by atoms with Crippen molar-refractivity contribution in [3.05, 3.63) is 11.6 Å². The van der Waals surface area contributed by atoms with Gasteiger partial charge in [0.1, 0.15) is 0 Å². The molecule has 8 atom stereocenters. The number of allylic oxidation sites excluding steroid dienone is 2. The molecule has 2 fully saturated rings. The molecule has 0 aromatic heterocycles. The summed E-state index contributed by atoms with van der Waals surface area (Å²) in [5, 5.41) is 0. The molecule has 4 rings (SSSR count). The van der Waals surface area contributed by atoms with Gasteiger partial charge in [-0.25, -0.2) is 0 Å². The summed E-state index contributed by atoms with van der Waals surface area (Å²) >= 11 is 5.87. The van der Waals surface area contributed by atoms with E-state index in [0.717, 1.165) is 35.5 Å². The van der Waals surface area contributed by atoms with Crippen LogP contribution in [0.3, 0.4) is 0 Å². The molecule has 0 aromatic rings. The molecule has 32 heavy (non-hydrogen) atoms. The zero-order valence-electron chi connectivity index (χ0n) is 22.0. The van der Waals surface area contributed by atoms with Crippen LogP contribution >= 0.6 is 12.6 Å². The van der Waals surface area contributed by atoms with E-state index in [1.54, 1.807) is 0 Å². The third-order valence-corrected chi connectivity index (χ3v) is 11.6. The normalized spacial score (nSPS) is 47.2. The monoisotopic (exact) mass is 458 g/mol. The van der Waals surface area contributed by atoms with Crippen LogP contribution in [0.2, 0.25) is 0 Å². The van der Waals surface area contributed by atoms with Crippen LogP contribution in [0.15, 0.2) is 11.6 Å². The van der Waals surface area contributed by atoms with Gasteiger partial charge in [0.25, 0.3) is 0 Å². The van der Waals surface area contributed by atoms with Gasteiger partial charge in [-0.15, -0.1) is 0 Å². The molecule has 0 radical (unpaired) electrons. The van der Waals surface area contributed by atoms with E-state index in [1.807, 2.05) is 5.57 Å². The van der Waals surface area contributed by atoms with E-state index < -0.39 is 0 Å². The summed E-state index contributed by atoms with van der Waals surface area (Å²) in [7, 11) is 0. The van der Waals surface area contributed by atoms with Gasteiger partial charge in [0, 0.05) is 4.75 Å². The minimum Gasteiger partial charge on any atom is -0.172 e. The number of hydrogen-bond acceptors (Lipinski definition) is 1. The number of unbranched alkanes of at least 4 members (excludes halogenated alkanes) is 1. The molecule has 3 bridgehead atoms. The van der Waals surface area contributed by atoms with E-state index in [9.17, 15) is 0 Å². The van der Waals surface area contributed by atoms with Crippen LogP contribution in [0.5, 0.6) is 0 Å². The molecule has 0 aromatic carbocycles. The highest BCUT2D eigenvalue weighted by Crippen LogP contribution is 2.58. The van der Waals surface area contributed by atoms with Gasteiger partial charge in [0.05, 0.1) is 0 Å². The van der Waals surface area contributed by atoms with Crippen molar-refractivity contribution in [1.82, 2.24) is 0 Å². The number of thiol groups is 1. The van der Waals surface area contributed by atoms with Crippen molar-refractivity contribution >= 4 is 12.6 Å². The lowest BCUT2D eigenvalue weighted by Gasteiger charge is -2.49. The van der Waals surface area contributed by atoms with Crippen LogP contribution in [0.1, 0.15) is 137 Å². The topological polar surface area (TPSA) is 0 Å². The Morgan fingerprint density at radius 2 is 1.72 bits per heavy atom. The van der Waals surface area contributed by atoms with Crippen LogP contribution in [-0.4, -0.2) is 4.75 Å². The van der Waals surface area contributed by atoms with Crippen molar-refractivity contribution in [1.29, 1.82) is 0 Å². The van der Waals surface area contributed by atoms with E-state index in [1.165, 1.54) is 109 Å². The zero-order chi connectivity index (χ0) is 22.8. The lowest BCUT2D eigenvalue weighted by atomic mass is 9.61. The SMILES string of the molecule is CCCCC1C/C2=C/C3(CCC(C)CC(CC2)CC3)CC(S)(C2CCC(C)C2)[C@@H](CC)C1. The van der Waals surface area contributed by atoms with Crippen LogP contribution in [0, 0.1) is 40.9 Å². The van der Waals surface area contributed by atoms with Gasteiger partial charge in [-0.1, -0.05) is 71.4 Å². The second-order valence-corrected chi connectivity index (χ2v) is 14.2. The molecule has 1 heteroatoms. The minimum atomic E-state index is 0.243. The number of rotatable bonds is 5. The highest BCUT2D eigenvalue weighted by Gasteiger charge is 2.50. The van der Waals surface area contributed by atoms with E-state index in [2.05, 4.69) is 33.8 Å². The molecule has 0 amide bonds. The molecule has 184 valence electrons. The lowest BCUT2D eigenvalue weighted by Crippen LogP contribution is -2.45. The Labute approximate surface area is 206 Å². The van der Waals surface area contributed by atoms with Gasteiger partial charge in [-0.3, -0.25) is 0 Å². The Bertz CT molecular complexity index is 636. The molecule has 0 saturated heterocycles. The van der Waals surface area contributed by atoms with Crippen LogP contribution in [0.4, 0.5) is 0 Å². The molecule has 0 aliphatic heterocycles. The Balaban J connectivity index is 1.75. The summed E-state index contributed by atoms with van der Waals surface area (Å²) in [6.07, 6.45) is 27.2. The fraction of sp³-hybridized carbons (Fsp3) is 0.935. The number of fused-ring (bicyclic) bond motifs is 2. The summed E-state index contributed by atoms with van der Waals surface area (Å²) in [6, 6.07) is 0. The largest absolute Gasteiger partial charge is 0.172 e. The standard InChI is InChI=1S/C31H54S/c1-5-7-8-26-19-27-11-10-25-14-16-30(21-27,15-13-24(4)17-25)22-31(32,28(6-2)20-26)29-12-9-23(3)18-29/h21,23-26,28-29,32H,5-20,22H2,1-4H3/b27-21+/t23?,24?,25?,26?,28-,29?,30?,31?/m0/s1. The first-order valence-corrected chi connectivity index (χ1v) is 15.2. The Morgan fingerprint density at radius 1 is 0.938 bits per heavy atom. The quantitative estimate of drug-likeness (QED) is 0.307. The molecule has 2 saturated carbocycles. The maximum absolute atomic E-state index is 5.87. The van der Waals surface area contributed by atoms with Crippen molar-refractivity contribution in [2.24, 2.45) is 40.9 Å². The molecular weight excluding hydrogens is 404 g/mol. The molecule has 0 heterocycles. The van der Waals surface area contributed by atoms with Crippen molar-refractivity contribution in [2.45, 2.75) is 142 Å². The predicted octanol–water partition coefficient (Wildman–Crippen LogP) is 10.0. The summed E-state index contributed by atoms with van der Waals surface area (Å²) < 4.78 is 0.243. The van der Waals surface area contributed by atoms with E-state index in [0.29, 0.717) is 5.41 Å². The van der Waals surface area contributed by atoms with Gasteiger partial charge in [-0.05, 0) is 118 Å². The molecule has 1 spiro atoms. The Hall–Kier alpha value is 0.0900. The minimum absolute atomic E-state index is 0.243. The fourth-order valence-corrected chi connectivity index (χ4v) is 9.62. The zero-order valence-corrected chi connectivity index (χ0v) is 22.9. The van der Waals surface area contributed by atoms with Crippen LogP contribution < -0.4 is 0 Å². The molecule has 7 unspecified atom stereocenters. The molecule has 0 N–H and O–H groups in total.